The highest BCUT2D eigenvalue weighted by Crippen LogP contribution is 2.21. The average Bonchev–Trinajstić information content (AvgIpc) is 2.71. The van der Waals surface area contributed by atoms with E-state index >= 15 is 0 Å². The topological polar surface area (TPSA) is 52.1 Å². The summed E-state index contributed by atoms with van der Waals surface area (Å²) in [6, 6.07) is 3.78. The molecule has 0 saturated carbocycles. The number of rotatable bonds is 4. The second-order valence-corrected chi connectivity index (χ2v) is 5.05. The van der Waals surface area contributed by atoms with Crippen molar-refractivity contribution < 1.29 is 9.53 Å². The fourth-order valence-corrected chi connectivity index (χ4v) is 2.66. The van der Waals surface area contributed by atoms with Crippen molar-refractivity contribution in [3.63, 3.8) is 0 Å². The van der Waals surface area contributed by atoms with Crippen molar-refractivity contribution in [1.82, 2.24) is 9.97 Å². The van der Waals surface area contributed by atoms with Crippen molar-refractivity contribution in [3.8, 4) is 5.88 Å². The number of aryl methyl sites for hydroxylation is 1. The van der Waals surface area contributed by atoms with Crippen LogP contribution < -0.4 is 4.74 Å². The summed E-state index contributed by atoms with van der Waals surface area (Å²) in [6.07, 6.45) is 2.46. The van der Waals surface area contributed by atoms with E-state index in [4.69, 9.17) is 4.74 Å². The van der Waals surface area contributed by atoms with Crippen molar-refractivity contribution >= 4 is 17.1 Å². The summed E-state index contributed by atoms with van der Waals surface area (Å²) in [4.78, 5) is 20.7. The lowest BCUT2D eigenvalue weighted by Gasteiger charge is -2.00. The molecule has 94 valence electrons. The molecule has 0 atom stereocenters. The van der Waals surface area contributed by atoms with Crippen molar-refractivity contribution in [2.75, 3.05) is 7.11 Å². The summed E-state index contributed by atoms with van der Waals surface area (Å²) in [5, 5.41) is 0.935. The highest BCUT2D eigenvalue weighted by molar-refractivity contribution is 7.13. The van der Waals surface area contributed by atoms with Crippen molar-refractivity contribution in [2.24, 2.45) is 0 Å². The number of nitrogens with zero attached hydrogens (tertiary/aromatic N) is 2. The number of ketones is 1. The monoisotopic (exact) mass is 262 g/mol. The third-order valence-corrected chi connectivity index (χ3v) is 3.78. The molecule has 0 unspecified atom stereocenters. The van der Waals surface area contributed by atoms with Crippen LogP contribution in [0.1, 0.15) is 32.9 Å². The van der Waals surface area contributed by atoms with Gasteiger partial charge in [0.25, 0.3) is 0 Å². The maximum atomic E-state index is 11.4. The smallest absolute Gasteiger partial charge is 0.212 e. The molecule has 0 bridgehead atoms. The Morgan fingerprint density at radius 2 is 2.22 bits per heavy atom. The lowest BCUT2D eigenvalue weighted by Crippen LogP contribution is -1.91. The Hall–Kier alpha value is -1.75. The van der Waals surface area contributed by atoms with Crippen LogP contribution >= 0.6 is 11.3 Å². The minimum absolute atomic E-state index is 0.0732. The van der Waals surface area contributed by atoms with Gasteiger partial charge >= 0.3 is 0 Å². The number of carbonyl (C=O) groups is 1. The highest BCUT2D eigenvalue weighted by atomic mass is 32.1. The number of carbonyl (C=O) groups excluding carboxylic acids is 1. The fraction of sp³-hybridized carbons (Fsp3) is 0.308. The molecule has 0 aliphatic carbocycles. The predicted octanol–water partition coefficient (Wildman–Crippen LogP) is 2.65. The zero-order chi connectivity index (χ0) is 13.1. The molecule has 0 aromatic carbocycles. The molecule has 0 radical (unpaired) electrons. The number of aromatic nitrogens is 2. The average molecular weight is 262 g/mol. The molecule has 0 aliphatic heterocycles. The normalized spacial score (nSPS) is 10.4. The molecule has 0 saturated heterocycles. The number of thiazole rings is 1. The second kappa shape index (κ2) is 5.27. The number of hydrogen-bond donors (Lipinski definition) is 0. The quantitative estimate of drug-likeness (QED) is 0.795. The van der Waals surface area contributed by atoms with Gasteiger partial charge < -0.3 is 4.74 Å². The third kappa shape index (κ3) is 2.73. The maximum absolute atomic E-state index is 11.4. The largest absolute Gasteiger partial charge is 0.481 e. The zero-order valence-corrected chi connectivity index (χ0v) is 11.4. The molecule has 2 heterocycles. The fourth-order valence-electron chi connectivity index (χ4n) is 1.67. The van der Waals surface area contributed by atoms with Gasteiger partial charge in [0.1, 0.15) is 0 Å². The van der Waals surface area contributed by atoms with E-state index in [0.29, 0.717) is 12.3 Å². The molecule has 5 heteroatoms. The van der Waals surface area contributed by atoms with Gasteiger partial charge in [-0.05, 0) is 12.5 Å². The Morgan fingerprint density at radius 1 is 1.44 bits per heavy atom. The van der Waals surface area contributed by atoms with Crippen LogP contribution in [0.4, 0.5) is 0 Å². The Balaban J connectivity index is 2.18. The number of ether oxygens (including phenoxy) is 1. The van der Waals surface area contributed by atoms with E-state index < -0.39 is 0 Å². The molecular weight excluding hydrogens is 248 g/mol. The van der Waals surface area contributed by atoms with Crippen molar-refractivity contribution in [2.45, 2.75) is 20.3 Å². The molecule has 0 aliphatic rings. The van der Waals surface area contributed by atoms with Gasteiger partial charge in [0.15, 0.2) is 5.78 Å². The molecule has 0 amide bonds. The van der Waals surface area contributed by atoms with Gasteiger partial charge in [-0.2, -0.15) is 0 Å². The van der Waals surface area contributed by atoms with E-state index in [1.54, 1.807) is 20.2 Å². The Bertz CT molecular complexity index is 561. The standard InChI is InChI=1S/C13H14N2O2S/c1-8-13(9(2)16)18-12(15-8)6-10-4-5-11(17-3)14-7-10/h4-5,7H,6H2,1-3H3. The van der Waals surface area contributed by atoms with Crippen LogP contribution in [0.2, 0.25) is 0 Å². The molecule has 0 spiro atoms. The molecule has 4 nitrogen and oxygen atoms in total. The maximum Gasteiger partial charge on any atom is 0.212 e. The van der Waals surface area contributed by atoms with E-state index in [-0.39, 0.29) is 5.78 Å². The first-order valence-electron chi connectivity index (χ1n) is 5.56. The first-order chi connectivity index (χ1) is 8.60. The minimum atomic E-state index is 0.0732. The van der Waals surface area contributed by atoms with Gasteiger partial charge in [0.2, 0.25) is 5.88 Å². The zero-order valence-electron chi connectivity index (χ0n) is 10.6. The van der Waals surface area contributed by atoms with E-state index in [1.807, 2.05) is 19.1 Å². The Labute approximate surface area is 110 Å². The summed E-state index contributed by atoms with van der Waals surface area (Å²) < 4.78 is 5.01. The van der Waals surface area contributed by atoms with Gasteiger partial charge in [-0.1, -0.05) is 6.07 Å². The summed E-state index contributed by atoms with van der Waals surface area (Å²) in [6.45, 7) is 3.43. The molecule has 18 heavy (non-hydrogen) atoms. The molecule has 0 N–H and O–H groups in total. The van der Waals surface area contributed by atoms with Crippen LogP contribution in [-0.4, -0.2) is 22.9 Å². The van der Waals surface area contributed by atoms with E-state index in [2.05, 4.69) is 9.97 Å². The summed E-state index contributed by atoms with van der Waals surface area (Å²) in [5.41, 5.74) is 1.86. The first kappa shape index (κ1) is 12.7. The minimum Gasteiger partial charge on any atom is -0.481 e. The van der Waals surface area contributed by atoms with E-state index in [0.717, 1.165) is 21.1 Å². The lowest BCUT2D eigenvalue weighted by atomic mass is 10.2. The van der Waals surface area contributed by atoms with Gasteiger partial charge in [0.05, 0.1) is 22.7 Å². The lowest BCUT2D eigenvalue weighted by molar-refractivity contribution is 0.102. The molecule has 0 fully saturated rings. The Kier molecular flexibility index (Phi) is 3.72. The summed E-state index contributed by atoms with van der Waals surface area (Å²) in [5.74, 6) is 0.669. The van der Waals surface area contributed by atoms with Crippen LogP contribution in [0.3, 0.4) is 0 Å². The number of methoxy groups -OCH3 is 1. The molecule has 2 aromatic rings. The molecule has 2 aromatic heterocycles. The van der Waals surface area contributed by atoms with Gasteiger partial charge in [0, 0.05) is 25.6 Å². The molecule has 2 rings (SSSR count). The van der Waals surface area contributed by atoms with Crippen LogP contribution in [0.25, 0.3) is 0 Å². The molecular formula is C13H14N2O2S. The summed E-state index contributed by atoms with van der Waals surface area (Å²) in [7, 11) is 1.59. The van der Waals surface area contributed by atoms with Crippen LogP contribution in [0, 0.1) is 6.92 Å². The van der Waals surface area contributed by atoms with Crippen molar-refractivity contribution in [3.05, 3.63) is 39.5 Å². The first-order valence-corrected chi connectivity index (χ1v) is 6.38. The van der Waals surface area contributed by atoms with Crippen LogP contribution in [0.5, 0.6) is 5.88 Å². The SMILES string of the molecule is COc1ccc(Cc2nc(C)c(C(C)=O)s2)cn1. The second-order valence-electron chi connectivity index (χ2n) is 3.96. The van der Waals surface area contributed by atoms with Crippen LogP contribution in [0.15, 0.2) is 18.3 Å². The highest BCUT2D eigenvalue weighted by Gasteiger charge is 2.11. The third-order valence-electron chi connectivity index (χ3n) is 2.52. The van der Waals surface area contributed by atoms with Gasteiger partial charge in [-0.15, -0.1) is 11.3 Å². The number of hydrogen-bond acceptors (Lipinski definition) is 5. The van der Waals surface area contributed by atoms with Gasteiger partial charge in [-0.25, -0.2) is 9.97 Å². The van der Waals surface area contributed by atoms with E-state index in [1.165, 1.54) is 11.3 Å². The Morgan fingerprint density at radius 3 is 2.72 bits per heavy atom. The predicted molar refractivity (Wildman–Crippen MR) is 70.5 cm³/mol. The summed E-state index contributed by atoms with van der Waals surface area (Å²) >= 11 is 1.45. The van der Waals surface area contributed by atoms with Crippen LogP contribution in [-0.2, 0) is 6.42 Å². The number of pyridine rings is 1. The van der Waals surface area contributed by atoms with E-state index in [9.17, 15) is 4.79 Å². The number of Topliss-reactive ketones (excluding diaryl/α,β-unsaturated/α-hetero) is 1. The van der Waals surface area contributed by atoms with Crippen molar-refractivity contribution in [1.29, 1.82) is 0 Å². The van der Waals surface area contributed by atoms with Gasteiger partial charge in [-0.3, -0.25) is 4.79 Å².